The van der Waals surface area contributed by atoms with Gasteiger partial charge in [-0.2, -0.15) is 0 Å². The summed E-state index contributed by atoms with van der Waals surface area (Å²) in [5.74, 6) is -0.276. The zero-order chi connectivity index (χ0) is 13.0. The van der Waals surface area contributed by atoms with Crippen LogP contribution < -0.4 is 10.9 Å². The average molecular weight is 252 g/mol. The summed E-state index contributed by atoms with van der Waals surface area (Å²) in [4.78, 5) is 23.2. The van der Waals surface area contributed by atoms with E-state index in [0.717, 1.165) is 0 Å². The van der Waals surface area contributed by atoms with E-state index in [2.05, 4.69) is 5.32 Å². The first kappa shape index (κ1) is 12.8. The second-order valence-electron chi connectivity index (χ2n) is 4.14. The summed E-state index contributed by atoms with van der Waals surface area (Å²) in [6, 6.07) is 2.92. The van der Waals surface area contributed by atoms with Gasteiger partial charge in [-0.25, -0.2) is 0 Å². The molecule has 0 bridgehead atoms. The fraction of sp³-hybridized carbons (Fsp3) is 0.500. The van der Waals surface area contributed by atoms with Crippen molar-refractivity contribution < 1.29 is 14.3 Å². The number of amides is 1. The minimum absolute atomic E-state index is 0.116. The Kier molecular flexibility index (Phi) is 4.11. The van der Waals surface area contributed by atoms with Crippen LogP contribution in [0.2, 0.25) is 0 Å². The predicted octanol–water partition coefficient (Wildman–Crippen LogP) is -0.469. The molecule has 1 saturated heterocycles. The fourth-order valence-corrected chi connectivity index (χ4v) is 1.65. The first-order chi connectivity index (χ1) is 8.66. The fourth-order valence-electron chi connectivity index (χ4n) is 1.65. The third-order valence-electron chi connectivity index (χ3n) is 2.74. The number of nitrogens with one attached hydrogen (secondary N) is 1. The third kappa shape index (κ3) is 3.18. The molecule has 98 valence electrons. The molecule has 1 amide bonds. The highest BCUT2D eigenvalue weighted by Gasteiger charge is 2.15. The van der Waals surface area contributed by atoms with Gasteiger partial charge in [-0.3, -0.25) is 9.59 Å². The molecule has 1 fully saturated rings. The summed E-state index contributed by atoms with van der Waals surface area (Å²) in [7, 11) is 1.64. The van der Waals surface area contributed by atoms with E-state index >= 15 is 0 Å². The van der Waals surface area contributed by atoms with Crippen LogP contribution in [0.5, 0.6) is 0 Å². The quantitative estimate of drug-likeness (QED) is 0.789. The summed E-state index contributed by atoms with van der Waals surface area (Å²) in [6.45, 7) is 2.01. The molecule has 1 atom stereocenters. The van der Waals surface area contributed by atoms with Gasteiger partial charge in [0.1, 0.15) is 0 Å². The summed E-state index contributed by atoms with van der Waals surface area (Å²) in [5.41, 5.74) is 0.148. The van der Waals surface area contributed by atoms with Gasteiger partial charge in [-0.1, -0.05) is 0 Å². The van der Waals surface area contributed by atoms with E-state index in [1.165, 1.54) is 10.6 Å². The van der Waals surface area contributed by atoms with E-state index in [0.29, 0.717) is 31.9 Å². The van der Waals surface area contributed by atoms with Crippen LogP contribution >= 0.6 is 0 Å². The molecule has 0 spiro atoms. The van der Waals surface area contributed by atoms with Gasteiger partial charge in [0.05, 0.1) is 25.9 Å². The number of aromatic nitrogens is 1. The van der Waals surface area contributed by atoms with Gasteiger partial charge in [0.2, 0.25) is 0 Å². The van der Waals surface area contributed by atoms with Crippen LogP contribution in [0.4, 0.5) is 0 Å². The topological polar surface area (TPSA) is 69.6 Å². The lowest BCUT2D eigenvalue weighted by molar-refractivity contribution is -0.0855. The van der Waals surface area contributed by atoms with Crippen molar-refractivity contribution in [2.45, 2.75) is 6.10 Å². The van der Waals surface area contributed by atoms with Gasteiger partial charge in [0, 0.05) is 31.4 Å². The molecule has 1 aliphatic rings. The molecule has 0 saturated carbocycles. The van der Waals surface area contributed by atoms with Crippen LogP contribution in [-0.4, -0.2) is 42.9 Å². The SMILES string of the molecule is Cn1ccc(C(=O)NCC2COCCO2)cc1=O. The zero-order valence-corrected chi connectivity index (χ0v) is 10.2. The van der Waals surface area contributed by atoms with Crippen molar-refractivity contribution in [3.63, 3.8) is 0 Å². The minimum atomic E-state index is -0.276. The van der Waals surface area contributed by atoms with Crippen LogP contribution in [0.3, 0.4) is 0 Å². The molecule has 1 aromatic rings. The highest BCUT2D eigenvalue weighted by Crippen LogP contribution is 2.00. The Morgan fingerprint density at radius 3 is 3.06 bits per heavy atom. The van der Waals surface area contributed by atoms with Gasteiger partial charge in [0.25, 0.3) is 11.5 Å². The van der Waals surface area contributed by atoms with E-state index in [1.807, 2.05) is 0 Å². The molecule has 1 N–H and O–H groups in total. The first-order valence-corrected chi connectivity index (χ1v) is 5.81. The number of carbonyl (C=O) groups is 1. The molecular formula is C12H16N2O4. The number of ether oxygens (including phenoxy) is 2. The van der Waals surface area contributed by atoms with Gasteiger partial charge in [-0.15, -0.1) is 0 Å². The van der Waals surface area contributed by atoms with Crippen LogP contribution in [0.25, 0.3) is 0 Å². The first-order valence-electron chi connectivity index (χ1n) is 5.81. The zero-order valence-electron chi connectivity index (χ0n) is 10.2. The number of aryl methyl sites for hydroxylation is 1. The lowest BCUT2D eigenvalue weighted by Gasteiger charge is -2.23. The maximum Gasteiger partial charge on any atom is 0.251 e. The van der Waals surface area contributed by atoms with Crippen LogP contribution in [0.15, 0.2) is 23.1 Å². The lowest BCUT2D eigenvalue weighted by atomic mass is 10.2. The molecule has 1 unspecified atom stereocenters. The molecule has 2 rings (SSSR count). The van der Waals surface area contributed by atoms with Crippen molar-refractivity contribution in [1.29, 1.82) is 0 Å². The minimum Gasteiger partial charge on any atom is -0.376 e. The van der Waals surface area contributed by atoms with Crippen molar-refractivity contribution >= 4 is 5.91 Å². The Hall–Kier alpha value is -1.66. The number of hydrogen-bond acceptors (Lipinski definition) is 4. The number of nitrogens with zero attached hydrogens (tertiary/aromatic N) is 1. The molecule has 0 radical (unpaired) electrons. The standard InChI is InChI=1S/C12H16N2O4/c1-14-3-2-9(6-11(14)15)12(16)13-7-10-8-17-4-5-18-10/h2-3,6,10H,4-5,7-8H2,1H3,(H,13,16). The Morgan fingerprint density at radius 1 is 1.56 bits per heavy atom. The third-order valence-corrected chi connectivity index (χ3v) is 2.74. The maximum absolute atomic E-state index is 11.8. The number of pyridine rings is 1. The summed E-state index contributed by atoms with van der Waals surface area (Å²) in [6.07, 6.45) is 1.45. The van der Waals surface area contributed by atoms with E-state index in [4.69, 9.17) is 9.47 Å². The molecule has 1 aliphatic heterocycles. The van der Waals surface area contributed by atoms with Crippen molar-refractivity contribution in [3.8, 4) is 0 Å². The number of carbonyl (C=O) groups excluding carboxylic acids is 1. The van der Waals surface area contributed by atoms with Crippen LogP contribution in [0, 0.1) is 0 Å². The Morgan fingerprint density at radius 2 is 2.39 bits per heavy atom. The van der Waals surface area contributed by atoms with Gasteiger partial charge in [-0.05, 0) is 6.07 Å². The smallest absolute Gasteiger partial charge is 0.251 e. The van der Waals surface area contributed by atoms with Crippen molar-refractivity contribution in [2.24, 2.45) is 7.05 Å². The molecule has 0 aromatic carbocycles. The van der Waals surface area contributed by atoms with E-state index < -0.39 is 0 Å². The van der Waals surface area contributed by atoms with Crippen LogP contribution in [-0.2, 0) is 16.5 Å². The number of hydrogen-bond donors (Lipinski definition) is 1. The molecular weight excluding hydrogens is 236 g/mol. The second-order valence-corrected chi connectivity index (χ2v) is 4.14. The highest BCUT2D eigenvalue weighted by atomic mass is 16.6. The average Bonchev–Trinajstić information content (AvgIpc) is 2.40. The largest absolute Gasteiger partial charge is 0.376 e. The van der Waals surface area contributed by atoms with E-state index in [1.54, 1.807) is 19.3 Å². The van der Waals surface area contributed by atoms with Crippen molar-refractivity contribution in [3.05, 3.63) is 34.2 Å². The molecule has 6 nitrogen and oxygen atoms in total. The van der Waals surface area contributed by atoms with E-state index in [-0.39, 0.29) is 17.6 Å². The normalized spacial score (nSPS) is 19.5. The molecule has 6 heteroatoms. The Balaban J connectivity index is 1.90. The van der Waals surface area contributed by atoms with E-state index in [9.17, 15) is 9.59 Å². The Bertz CT molecular complexity index is 477. The monoisotopic (exact) mass is 252 g/mol. The van der Waals surface area contributed by atoms with Crippen molar-refractivity contribution in [2.75, 3.05) is 26.4 Å². The van der Waals surface area contributed by atoms with Gasteiger partial charge >= 0.3 is 0 Å². The molecule has 0 aliphatic carbocycles. The Labute approximate surface area is 105 Å². The lowest BCUT2D eigenvalue weighted by Crippen LogP contribution is -2.40. The maximum atomic E-state index is 11.8. The van der Waals surface area contributed by atoms with Gasteiger partial charge < -0.3 is 19.4 Å². The highest BCUT2D eigenvalue weighted by molar-refractivity contribution is 5.93. The second kappa shape index (κ2) is 5.79. The predicted molar refractivity (Wildman–Crippen MR) is 64.6 cm³/mol. The molecule has 18 heavy (non-hydrogen) atoms. The van der Waals surface area contributed by atoms with Crippen LogP contribution in [0.1, 0.15) is 10.4 Å². The molecule has 1 aromatic heterocycles. The van der Waals surface area contributed by atoms with Crippen molar-refractivity contribution in [1.82, 2.24) is 9.88 Å². The number of rotatable bonds is 3. The summed E-state index contributed by atoms with van der Waals surface area (Å²) < 4.78 is 12.0. The molecule has 2 heterocycles. The summed E-state index contributed by atoms with van der Waals surface area (Å²) >= 11 is 0. The summed E-state index contributed by atoms with van der Waals surface area (Å²) in [5, 5.41) is 2.72. The van der Waals surface area contributed by atoms with Gasteiger partial charge in [0.15, 0.2) is 0 Å².